The summed E-state index contributed by atoms with van der Waals surface area (Å²) in [4.78, 5) is 11.1. The second kappa shape index (κ2) is 4.97. The molecule has 0 heterocycles. The summed E-state index contributed by atoms with van der Waals surface area (Å²) in [7, 11) is 0. The quantitative estimate of drug-likeness (QED) is 0.789. The van der Waals surface area contributed by atoms with E-state index in [2.05, 4.69) is 30.3 Å². The summed E-state index contributed by atoms with van der Waals surface area (Å²) < 4.78 is 5.28. The zero-order chi connectivity index (χ0) is 14.0. The van der Waals surface area contributed by atoms with Gasteiger partial charge < -0.3 is 4.74 Å². The molecule has 0 saturated heterocycles. The lowest BCUT2D eigenvalue weighted by molar-refractivity contribution is -0.141. The maximum absolute atomic E-state index is 11.1. The number of hydrogen-bond donors (Lipinski definition) is 0. The Morgan fingerprint density at radius 2 is 1.60 bits per heavy atom. The van der Waals surface area contributed by atoms with Crippen molar-refractivity contribution in [3.05, 3.63) is 77.9 Å². The highest BCUT2D eigenvalue weighted by atomic mass is 16.5. The molecule has 100 valence electrons. The SMILES string of the molecule is CC(=O)OCC1(c2ccccc2)C=C1c1ccccc1. The minimum atomic E-state index is -0.256. The topological polar surface area (TPSA) is 26.3 Å². The van der Waals surface area contributed by atoms with Crippen LogP contribution < -0.4 is 0 Å². The molecule has 20 heavy (non-hydrogen) atoms. The third-order valence-corrected chi connectivity index (χ3v) is 3.66. The Labute approximate surface area is 118 Å². The van der Waals surface area contributed by atoms with Crippen molar-refractivity contribution in [1.82, 2.24) is 0 Å². The fourth-order valence-electron chi connectivity index (χ4n) is 2.56. The molecular weight excluding hydrogens is 248 g/mol. The molecular formula is C18H16O2. The fourth-order valence-corrected chi connectivity index (χ4v) is 2.56. The van der Waals surface area contributed by atoms with Gasteiger partial charge in [0.05, 0.1) is 5.41 Å². The molecule has 2 aromatic carbocycles. The van der Waals surface area contributed by atoms with E-state index < -0.39 is 0 Å². The van der Waals surface area contributed by atoms with E-state index in [9.17, 15) is 4.79 Å². The van der Waals surface area contributed by atoms with Crippen LogP contribution in [-0.4, -0.2) is 12.6 Å². The number of carbonyl (C=O) groups excluding carboxylic acids is 1. The van der Waals surface area contributed by atoms with E-state index in [-0.39, 0.29) is 11.4 Å². The number of rotatable bonds is 4. The maximum Gasteiger partial charge on any atom is 0.302 e. The van der Waals surface area contributed by atoms with Gasteiger partial charge in [-0.2, -0.15) is 0 Å². The molecule has 2 heteroatoms. The van der Waals surface area contributed by atoms with E-state index in [1.165, 1.54) is 23.6 Å². The average Bonchev–Trinajstić information content (AvgIpc) is 3.23. The van der Waals surface area contributed by atoms with Gasteiger partial charge in [0.15, 0.2) is 0 Å². The first kappa shape index (κ1) is 12.7. The Morgan fingerprint density at radius 3 is 2.20 bits per heavy atom. The first-order valence-corrected chi connectivity index (χ1v) is 6.70. The second-order valence-corrected chi connectivity index (χ2v) is 5.04. The summed E-state index contributed by atoms with van der Waals surface area (Å²) in [6, 6.07) is 20.4. The van der Waals surface area contributed by atoms with Gasteiger partial charge in [-0.05, 0) is 16.7 Å². The molecule has 0 saturated carbocycles. The van der Waals surface area contributed by atoms with Crippen LogP contribution >= 0.6 is 0 Å². The molecule has 1 unspecified atom stereocenters. The van der Waals surface area contributed by atoms with Crippen molar-refractivity contribution in [1.29, 1.82) is 0 Å². The Morgan fingerprint density at radius 1 is 1.00 bits per heavy atom. The highest BCUT2D eigenvalue weighted by Gasteiger charge is 2.47. The molecule has 0 radical (unpaired) electrons. The van der Waals surface area contributed by atoms with Crippen LogP contribution in [0, 0.1) is 0 Å². The Hall–Kier alpha value is -2.35. The maximum atomic E-state index is 11.1. The molecule has 0 amide bonds. The van der Waals surface area contributed by atoms with Crippen LogP contribution in [0.5, 0.6) is 0 Å². The van der Waals surface area contributed by atoms with Gasteiger partial charge in [0.2, 0.25) is 0 Å². The highest BCUT2D eigenvalue weighted by molar-refractivity contribution is 5.91. The summed E-state index contributed by atoms with van der Waals surface area (Å²) in [6.07, 6.45) is 2.18. The molecule has 1 aliphatic rings. The van der Waals surface area contributed by atoms with Crippen molar-refractivity contribution in [3.63, 3.8) is 0 Å². The predicted molar refractivity (Wildman–Crippen MR) is 79.2 cm³/mol. The van der Waals surface area contributed by atoms with E-state index in [1.54, 1.807) is 0 Å². The second-order valence-electron chi connectivity index (χ2n) is 5.04. The lowest BCUT2D eigenvalue weighted by Gasteiger charge is -2.19. The van der Waals surface area contributed by atoms with Crippen molar-refractivity contribution < 1.29 is 9.53 Å². The average molecular weight is 264 g/mol. The molecule has 1 atom stereocenters. The van der Waals surface area contributed by atoms with Gasteiger partial charge in [-0.1, -0.05) is 66.7 Å². The first-order valence-electron chi connectivity index (χ1n) is 6.70. The third-order valence-electron chi connectivity index (χ3n) is 3.66. The Balaban J connectivity index is 1.91. The minimum absolute atomic E-state index is 0.243. The lowest BCUT2D eigenvalue weighted by atomic mass is 9.89. The fraction of sp³-hybridized carbons (Fsp3) is 0.167. The van der Waals surface area contributed by atoms with Gasteiger partial charge in [-0.25, -0.2) is 0 Å². The highest BCUT2D eigenvalue weighted by Crippen LogP contribution is 2.52. The molecule has 2 nitrogen and oxygen atoms in total. The van der Waals surface area contributed by atoms with E-state index in [0.717, 1.165) is 0 Å². The van der Waals surface area contributed by atoms with E-state index in [1.807, 2.05) is 36.4 Å². The summed E-state index contributed by atoms with van der Waals surface area (Å²) in [6.45, 7) is 1.82. The van der Waals surface area contributed by atoms with Gasteiger partial charge in [0.1, 0.15) is 6.61 Å². The van der Waals surface area contributed by atoms with Crippen LogP contribution in [0.2, 0.25) is 0 Å². The van der Waals surface area contributed by atoms with Crippen LogP contribution in [0.3, 0.4) is 0 Å². The van der Waals surface area contributed by atoms with Crippen LogP contribution in [0.25, 0.3) is 5.57 Å². The van der Waals surface area contributed by atoms with Crippen molar-refractivity contribution in [2.24, 2.45) is 0 Å². The van der Waals surface area contributed by atoms with Crippen molar-refractivity contribution >= 4 is 11.5 Å². The summed E-state index contributed by atoms with van der Waals surface area (Å²) in [5.41, 5.74) is 3.32. The van der Waals surface area contributed by atoms with Crippen LogP contribution in [-0.2, 0) is 14.9 Å². The first-order chi connectivity index (χ1) is 9.72. The molecule has 0 N–H and O–H groups in total. The number of carbonyl (C=O) groups is 1. The predicted octanol–water partition coefficient (Wildman–Crippen LogP) is 3.58. The van der Waals surface area contributed by atoms with E-state index in [4.69, 9.17) is 4.74 Å². The van der Waals surface area contributed by atoms with Crippen molar-refractivity contribution in [2.45, 2.75) is 12.3 Å². The summed E-state index contributed by atoms with van der Waals surface area (Å²) in [5, 5.41) is 0. The molecule has 0 aromatic heterocycles. The largest absolute Gasteiger partial charge is 0.464 e. The van der Waals surface area contributed by atoms with E-state index >= 15 is 0 Å². The molecule has 0 bridgehead atoms. The smallest absolute Gasteiger partial charge is 0.302 e. The monoisotopic (exact) mass is 264 g/mol. The minimum Gasteiger partial charge on any atom is -0.464 e. The summed E-state index contributed by atoms with van der Waals surface area (Å²) >= 11 is 0. The van der Waals surface area contributed by atoms with Gasteiger partial charge >= 0.3 is 5.97 Å². The molecule has 1 aliphatic carbocycles. The number of esters is 1. The van der Waals surface area contributed by atoms with Gasteiger partial charge in [0, 0.05) is 6.92 Å². The molecule has 0 aliphatic heterocycles. The van der Waals surface area contributed by atoms with Crippen LogP contribution in [0.1, 0.15) is 18.1 Å². The number of benzene rings is 2. The Kier molecular flexibility index (Phi) is 3.15. The van der Waals surface area contributed by atoms with Crippen molar-refractivity contribution in [3.8, 4) is 0 Å². The van der Waals surface area contributed by atoms with Crippen LogP contribution in [0.15, 0.2) is 66.7 Å². The Bertz CT molecular complexity index is 644. The van der Waals surface area contributed by atoms with E-state index in [0.29, 0.717) is 6.61 Å². The molecule has 0 spiro atoms. The molecule has 2 aromatic rings. The number of hydrogen-bond acceptors (Lipinski definition) is 2. The van der Waals surface area contributed by atoms with Gasteiger partial charge in [-0.15, -0.1) is 0 Å². The molecule has 0 fully saturated rings. The zero-order valence-corrected chi connectivity index (χ0v) is 11.4. The summed E-state index contributed by atoms with van der Waals surface area (Å²) in [5.74, 6) is -0.243. The number of ether oxygens (including phenoxy) is 1. The van der Waals surface area contributed by atoms with Crippen molar-refractivity contribution in [2.75, 3.05) is 6.61 Å². The van der Waals surface area contributed by atoms with Crippen LogP contribution in [0.4, 0.5) is 0 Å². The zero-order valence-electron chi connectivity index (χ0n) is 11.4. The molecule has 3 rings (SSSR count). The van der Waals surface area contributed by atoms with Gasteiger partial charge in [-0.3, -0.25) is 4.79 Å². The normalized spacial score (nSPS) is 20.1. The van der Waals surface area contributed by atoms with Gasteiger partial charge in [0.25, 0.3) is 0 Å². The lowest BCUT2D eigenvalue weighted by Crippen LogP contribution is -2.21. The third kappa shape index (κ3) is 2.25. The standard InChI is InChI=1S/C18H16O2/c1-14(19)20-13-18(16-10-6-3-7-11-16)12-17(18)15-8-4-2-5-9-15/h2-12H,13H2,1H3.